The van der Waals surface area contributed by atoms with E-state index in [-0.39, 0.29) is 17.2 Å². The molecule has 0 radical (unpaired) electrons. The molecule has 0 saturated heterocycles. The van der Waals surface area contributed by atoms with Gasteiger partial charge in [0, 0.05) is 19.3 Å². The molecule has 0 aliphatic carbocycles. The molecule has 0 spiro atoms. The average molecular weight is 477 g/mol. The van der Waals surface area contributed by atoms with E-state index >= 15 is 0 Å². The molecule has 4 rings (SSSR count). The lowest BCUT2D eigenvalue weighted by molar-refractivity contribution is 0.195. The predicted molar refractivity (Wildman–Crippen MR) is 130 cm³/mol. The van der Waals surface area contributed by atoms with E-state index in [4.69, 9.17) is 4.74 Å². The Morgan fingerprint density at radius 3 is 2.11 bits per heavy atom. The van der Waals surface area contributed by atoms with Crippen LogP contribution in [-0.2, 0) is 24.0 Å². The minimum atomic E-state index is -0.760. The SMILES string of the molecule is COCCCc1ccc(CCc2cc(F)c(C#Cc3ccc4cc(F)ccc4c3)c(F)c2)c(F)c1. The third kappa shape index (κ3) is 6.29. The van der Waals surface area contributed by atoms with Gasteiger partial charge in [0.1, 0.15) is 23.3 Å². The molecule has 0 bridgehead atoms. The number of ether oxygens (including phenoxy) is 1. The third-order valence-corrected chi connectivity index (χ3v) is 5.85. The Hall–Kier alpha value is -3.62. The van der Waals surface area contributed by atoms with Crippen LogP contribution in [0.2, 0.25) is 0 Å². The highest BCUT2D eigenvalue weighted by molar-refractivity contribution is 5.84. The zero-order valence-electron chi connectivity index (χ0n) is 19.3. The van der Waals surface area contributed by atoms with E-state index in [0.717, 1.165) is 29.2 Å². The molecule has 0 aliphatic heterocycles. The molecule has 4 aromatic rings. The van der Waals surface area contributed by atoms with Crippen LogP contribution in [0.3, 0.4) is 0 Å². The molecule has 0 heterocycles. The van der Waals surface area contributed by atoms with Gasteiger partial charge < -0.3 is 4.74 Å². The number of methoxy groups -OCH3 is 1. The van der Waals surface area contributed by atoms with Gasteiger partial charge in [0.2, 0.25) is 0 Å². The summed E-state index contributed by atoms with van der Waals surface area (Å²) < 4.78 is 62.1. The number of halogens is 4. The van der Waals surface area contributed by atoms with Gasteiger partial charge in [0.05, 0.1) is 5.56 Å². The van der Waals surface area contributed by atoms with Crippen molar-refractivity contribution in [1.29, 1.82) is 0 Å². The first-order valence-corrected chi connectivity index (χ1v) is 11.4. The second-order valence-corrected chi connectivity index (χ2v) is 8.41. The summed E-state index contributed by atoms with van der Waals surface area (Å²) in [6.45, 7) is 0.615. The number of fused-ring (bicyclic) bond motifs is 1. The van der Waals surface area contributed by atoms with Gasteiger partial charge >= 0.3 is 0 Å². The van der Waals surface area contributed by atoms with Gasteiger partial charge in [0.15, 0.2) is 0 Å². The fraction of sp³-hybridized carbons (Fsp3) is 0.200. The zero-order valence-corrected chi connectivity index (χ0v) is 19.3. The van der Waals surface area contributed by atoms with Crippen LogP contribution in [0.5, 0.6) is 0 Å². The highest BCUT2D eigenvalue weighted by Crippen LogP contribution is 2.20. The zero-order chi connectivity index (χ0) is 24.8. The molecular formula is C30H24F4O. The first-order chi connectivity index (χ1) is 16.9. The Morgan fingerprint density at radius 1 is 0.657 bits per heavy atom. The Labute approximate surface area is 202 Å². The van der Waals surface area contributed by atoms with Crippen LogP contribution in [0.15, 0.2) is 66.7 Å². The maximum Gasteiger partial charge on any atom is 0.142 e. The maximum atomic E-state index is 14.6. The molecule has 0 amide bonds. The average Bonchev–Trinajstić information content (AvgIpc) is 2.83. The molecule has 0 aliphatic rings. The Bertz CT molecular complexity index is 1390. The highest BCUT2D eigenvalue weighted by Gasteiger charge is 2.11. The van der Waals surface area contributed by atoms with Crippen molar-refractivity contribution in [3.8, 4) is 11.8 Å². The lowest BCUT2D eigenvalue weighted by Gasteiger charge is -2.08. The molecule has 5 heteroatoms. The van der Waals surface area contributed by atoms with E-state index in [0.29, 0.717) is 36.1 Å². The van der Waals surface area contributed by atoms with Gasteiger partial charge in [0.25, 0.3) is 0 Å². The molecule has 178 valence electrons. The van der Waals surface area contributed by atoms with Crippen LogP contribution in [0.25, 0.3) is 10.8 Å². The van der Waals surface area contributed by atoms with E-state index in [1.807, 2.05) is 6.07 Å². The van der Waals surface area contributed by atoms with Crippen molar-refractivity contribution in [2.45, 2.75) is 25.7 Å². The normalized spacial score (nSPS) is 10.9. The molecule has 0 aromatic heterocycles. The number of rotatable bonds is 7. The first kappa shape index (κ1) is 24.5. The Morgan fingerprint density at radius 2 is 1.37 bits per heavy atom. The van der Waals surface area contributed by atoms with E-state index < -0.39 is 11.6 Å². The van der Waals surface area contributed by atoms with Crippen molar-refractivity contribution in [3.63, 3.8) is 0 Å². The molecular weight excluding hydrogens is 452 g/mol. The van der Waals surface area contributed by atoms with E-state index in [9.17, 15) is 17.6 Å². The van der Waals surface area contributed by atoms with Crippen molar-refractivity contribution in [2.24, 2.45) is 0 Å². The highest BCUT2D eigenvalue weighted by atomic mass is 19.1. The van der Waals surface area contributed by atoms with Crippen molar-refractivity contribution in [2.75, 3.05) is 13.7 Å². The molecule has 0 unspecified atom stereocenters. The second-order valence-electron chi connectivity index (χ2n) is 8.41. The lowest BCUT2D eigenvalue weighted by atomic mass is 10.00. The summed E-state index contributed by atoms with van der Waals surface area (Å²) in [4.78, 5) is 0. The molecule has 0 atom stereocenters. The van der Waals surface area contributed by atoms with Gasteiger partial charge in [-0.1, -0.05) is 36.1 Å². The van der Waals surface area contributed by atoms with Gasteiger partial charge in [-0.25, -0.2) is 17.6 Å². The minimum Gasteiger partial charge on any atom is -0.385 e. The van der Waals surface area contributed by atoms with Crippen LogP contribution in [0, 0.1) is 35.1 Å². The van der Waals surface area contributed by atoms with Crippen LogP contribution in [-0.4, -0.2) is 13.7 Å². The number of hydrogen-bond donors (Lipinski definition) is 0. The van der Waals surface area contributed by atoms with Gasteiger partial charge in [-0.05, 0) is 95.6 Å². The molecule has 0 N–H and O–H groups in total. The fourth-order valence-electron chi connectivity index (χ4n) is 3.97. The molecule has 35 heavy (non-hydrogen) atoms. The monoisotopic (exact) mass is 476 g/mol. The van der Waals surface area contributed by atoms with E-state index in [1.165, 1.54) is 30.3 Å². The van der Waals surface area contributed by atoms with Crippen LogP contribution >= 0.6 is 0 Å². The smallest absolute Gasteiger partial charge is 0.142 e. The van der Waals surface area contributed by atoms with Crippen molar-refractivity contribution >= 4 is 10.8 Å². The predicted octanol–water partition coefficient (Wildman–Crippen LogP) is 7.16. The van der Waals surface area contributed by atoms with Crippen LogP contribution in [0.1, 0.15) is 34.2 Å². The fourth-order valence-corrected chi connectivity index (χ4v) is 3.97. The summed E-state index contributed by atoms with van der Waals surface area (Å²) >= 11 is 0. The third-order valence-electron chi connectivity index (χ3n) is 5.85. The van der Waals surface area contributed by atoms with E-state index in [2.05, 4.69) is 11.8 Å². The summed E-state index contributed by atoms with van der Waals surface area (Å²) in [6.07, 6.45) is 2.15. The minimum absolute atomic E-state index is 0.294. The molecule has 0 saturated carbocycles. The lowest BCUT2D eigenvalue weighted by Crippen LogP contribution is -2.00. The summed E-state index contributed by atoms with van der Waals surface area (Å²) in [7, 11) is 1.63. The molecule has 1 nitrogen and oxygen atoms in total. The van der Waals surface area contributed by atoms with Crippen molar-refractivity contribution in [1.82, 2.24) is 0 Å². The maximum absolute atomic E-state index is 14.6. The standard InChI is InChI=1S/C30H24F4O/c1-35-14-2-3-20-4-8-23(28(32)16-20)9-6-22-17-29(33)27(30(34)18-22)13-7-21-5-10-25-19-26(31)12-11-24(25)15-21/h4-5,8,10-12,15-19H,2-3,6,9,14H2,1H3. The van der Waals surface area contributed by atoms with Gasteiger partial charge in [-0.3, -0.25) is 0 Å². The van der Waals surface area contributed by atoms with Crippen LogP contribution < -0.4 is 0 Å². The Balaban J connectivity index is 1.45. The summed E-state index contributed by atoms with van der Waals surface area (Å²) in [5, 5.41) is 1.50. The van der Waals surface area contributed by atoms with Gasteiger partial charge in [-0.2, -0.15) is 0 Å². The van der Waals surface area contributed by atoms with Crippen LogP contribution in [0.4, 0.5) is 17.6 Å². The number of aryl methyl sites for hydroxylation is 3. The van der Waals surface area contributed by atoms with Crippen molar-refractivity contribution < 1.29 is 22.3 Å². The first-order valence-electron chi connectivity index (χ1n) is 11.4. The second kappa shape index (κ2) is 11.2. The van der Waals surface area contributed by atoms with E-state index in [1.54, 1.807) is 37.4 Å². The number of hydrogen-bond acceptors (Lipinski definition) is 1. The summed E-state index contributed by atoms with van der Waals surface area (Å²) in [5.74, 6) is 3.17. The summed E-state index contributed by atoms with van der Waals surface area (Å²) in [6, 6.07) is 17.1. The van der Waals surface area contributed by atoms with Gasteiger partial charge in [-0.15, -0.1) is 0 Å². The Kier molecular flexibility index (Phi) is 7.84. The largest absolute Gasteiger partial charge is 0.385 e. The quantitative estimate of drug-likeness (QED) is 0.156. The van der Waals surface area contributed by atoms with Crippen molar-refractivity contribution in [3.05, 3.63) is 118 Å². The molecule has 4 aromatic carbocycles. The topological polar surface area (TPSA) is 9.23 Å². The molecule has 0 fully saturated rings. The number of benzene rings is 4. The summed E-state index contributed by atoms with van der Waals surface area (Å²) in [5.41, 5.74) is 2.07.